The molecular formula is C15H16N2O3S. The van der Waals surface area contributed by atoms with Crippen LogP contribution in [0.1, 0.15) is 32.8 Å². The lowest BCUT2D eigenvalue weighted by atomic mass is 10.2. The lowest BCUT2D eigenvalue weighted by Gasteiger charge is -2.15. The summed E-state index contributed by atoms with van der Waals surface area (Å²) in [6.45, 7) is 2.42. The van der Waals surface area contributed by atoms with E-state index in [1.165, 1.54) is 11.3 Å². The number of hydrogen-bond donors (Lipinski definition) is 0. The smallest absolute Gasteiger partial charge is 0.357 e. The van der Waals surface area contributed by atoms with Gasteiger partial charge in [-0.1, -0.05) is 18.2 Å². The van der Waals surface area contributed by atoms with Crippen LogP contribution in [0.5, 0.6) is 0 Å². The number of esters is 1. The van der Waals surface area contributed by atoms with E-state index in [4.69, 9.17) is 4.74 Å². The molecule has 2 aromatic rings. The van der Waals surface area contributed by atoms with Crippen molar-refractivity contribution in [1.82, 2.24) is 9.88 Å². The summed E-state index contributed by atoms with van der Waals surface area (Å²) in [5.74, 6) is -0.513. The van der Waals surface area contributed by atoms with Crippen molar-refractivity contribution in [3.05, 3.63) is 52.0 Å². The van der Waals surface area contributed by atoms with Gasteiger partial charge < -0.3 is 9.64 Å². The molecule has 1 aromatic heterocycles. The molecule has 0 saturated carbocycles. The quantitative estimate of drug-likeness (QED) is 0.797. The van der Waals surface area contributed by atoms with E-state index >= 15 is 0 Å². The van der Waals surface area contributed by atoms with Gasteiger partial charge in [0.25, 0.3) is 5.91 Å². The first kappa shape index (κ1) is 15.2. The van der Waals surface area contributed by atoms with E-state index in [9.17, 15) is 9.59 Å². The summed E-state index contributed by atoms with van der Waals surface area (Å²) < 4.78 is 4.89. The molecule has 1 amide bonds. The van der Waals surface area contributed by atoms with Crippen LogP contribution in [-0.2, 0) is 11.3 Å². The molecule has 0 atom stereocenters. The lowest BCUT2D eigenvalue weighted by molar-refractivity contribution is 0.0520. The molecule has 0 aliphatic rings. The van der Waals surface area contributed by atoms with Gasteiger partial charge in [0.15, 0.2) is 5.69 Å². The Balaban J connectivity index is 2.01. The summed E-state index contributed by atoms with van der Waals surface area (Å²) in [6.07, 6.45) is 0. The third-order valence-electron chi connectivity index (χ3n) is 2.78. The number of carbonyl (C=O) groups excluding carboxylic acids is 2. The zero-order chi connectivity index (χ0) is 15.2. The van der Waals surface area contributed by atoms with Gasteiger partial charge in [-0.15, -0.1) is 11.3 Å². The summed E-state index contributed by atoms with van der Waals surface area (Å²) in [6, 6.07) is 9.05. The van der Waals surface area contributed by atoms with Crippen molar-refractivity contribution >= 4 is 23.2 Å². The van der Waals surface area contributed by atoms with Crippen LogP contribution in [0, 0.1) is 0 Å². The van der Waals surface area contributed by atoms with Gasteiger partial charge in [-0.05, 0) is 19.1 Å². The van der Waals surface area contributed by atoms with Crippen molar-refractivity contribution in [3.8, 4) is 0 Å². The second-order valence-corrected chi connectivity index (χ2v) is 5.32. The van der Waals surface area contributed by atoms with Crippen molar-refractivity contribution in [1.29, 1.82) is 0 Å². The van der Waals surface area contributed by atoms with E-state index in [0.29, 0.717) is 23.7 Å². The predicted molar refractivity (Wildman–Crippen MR) is 80.3 cm³/mol. The molecule has 0 aliphatic heterocycles. The average Bonchev–Trinajstić information content (AvgIpc) is 2.96. The maximum Gasteiger partial charge on any atom is 0.357 e. The largest absolute Gasteiger partial charge is 0.461 e. The molecule has 6 heteroatoms. The number of amides is 1. The second-order valence-electron chi connectivity index (χ2n) is 4.37. The molecule has 0 fully saturated rings. The number of benzene rings is 1. The van der Waals surface area contributed by atoms with E-state index in [0.717, 1.165) is 0 Å². The summed E-state index contributed by atoms with van der Waals surface area (Å²) in [7, 11) is 1.71. The fraction of sp³-hybridized carbons (Fsp3) is 0.267. The molecule has 0 N–H and O–H groups in total. The normalized spacial score (nSPS) is 10.2. The van der Waals surface area contributed by atoms with E-state index < -0.39 is 5.97 Å². The van der Waals surface area contributed by atoms with Gasteiger partial charge >= 0.3 is 5.97 Å². The third-order valence-corrected chi connectivity index (χ3v) is 3.61. The Bertz CT molecular complexity index is 625. The highest BCUT2D eigenvalue weighted by molar-refractivity contribution is 7.09. The minimum absolute atomic E-state index is 0.0801. The van der Waals surface area contributed by atoms with Gasteiger partial charge in [-0.2, -0.15) is 0 Å². The number of rotatable bonds is 5. The Kier molecular flexibility index (Phi) is 5.05. The summed E-state index contributed by atoms with van der Waals surface area (Å²) >= 11 is 1.34. The number of nitrogens with zero attached hydrogens (tertiary/aromatic N) is 2. The van der Waals surface area contributed by atoms with Crippen LogP contribution in [0.2, 0.25) is 0 Å². The predicted octanol–water partition coefficient (Wildman–Crippen LogP) is 2.59. The molecule has 0 spiro atoms. The fourth-order valence-corrected chi connectivity index (χ4v) is 2.57. The second kappa shape index (κ2) is 6.99. The van der Waals surface area contributed by atoms with Crippen LogP contribution < -0.4 is 0 Å². The Morgan fingerprint density at radius 1 is 1.29 bits per heavy atom. The van der Waals surface area contributed by atoms with Crippen molar-refractivity contribution in [2.45, 2.75) is 13.5 Å². The Hall–Kier alpha value is -2.21. The van der Waals surface area contributed by atoms with Crippen LogP contribution >= 0.6 is 11.3 Å². The van der Waals surface area contributed by atoms with Crippen molar-refractivity contribution < 1.29 is 14.3 Å². The first-order valence-electron chi connectivity index (χ1n) is 6.54. The van der Waals surface area contributed by atoms with E-state index in [1.54, 1.807) is 36.4 Å². The molecule has 21 heavy (non-hydrogen) atoms. The van der Waals surface area contributed by atoms with Crippen molar-refractivity contribution in [2.75, 3.05) is 13.7 Å². The van der Waals surface area contributed by atoms with Crippen molar-refractivity contribution in [3.63, 3.8) is 0 Å². The lowest BCUT2D eigenvalue weighted by Crippen LogP contribution is -2.26. The van der Waals surface area contributed by atoms with Gasteiger partial charge in [-0.25, -0.2) is 9.78 Å². The monoisotopic (exact) mass is 304 g/mol. The van der Waals surface area contributed by atoms with Gasteiger partial charge in [0.05, 0.1) is 13.2 Å². The topological polar surface area (TPSA) is 59.5 Å². The zero-order valence-electron chi connectivity index (χ0n) is 11.9. The molecule has 0 radical (unpaired) electrons. The van der Waals surface area contributed by atoms with Gasteiger partial charge in [0.1, 0.15) is 5.01 Å². The first-order chi connectivity index (χ1) is 10.1. The van der Waals surface area contributed by atoms with Crippen LogP contribution in [0.25, 0.3) is 0 Å². The summed E-state index contributed by atoms with van der Waals surface area (Å²) in [5.41, 5.74) is 0.916. The minimum atomic E-state index is -0.433. The van der Waals surface area contributed by atoms with Crippen LogP contribution in [0.4, 0.5) is 0 Å². The number of thiazole rings is 1. The van der Waals surface area contributed by atoms with Gasteiger partial charge in [0.2, 0.25) is 0 Å². The maximum atomic E-state index is 12.2. The first-order valence-corrected chi connectivity index (χ1v) is 7.41. The van der Waals surface area contributed by atoms with Crippen LogP contribution in [0.15, 0.2) is 35.7 Å². The SMILES string of the molecule is CCOC(=O)c1csc(CN(C)C(=O)c2ccccc2)n1. The molecule has 5 nitrogen and oxygen atoms in total. The highest BCUT2D eigenvalue weighted by Gasteiger charge is 2.16. The fourth-order valence-electron chi connectivity index (χ4n) is 1.76. The Labute approximate surface area is 127 Å². The van der Waals surface area contributed by atoms with Gasteiger partial charge in [0, 0.05) is 18.0 Å². The summed E-state index contributed by atoms with van der Waals surface area (Å²) in [5, 5.41) is 2.35. The average molecular weight is 304 g/mol. The zero-order valence-corrected chi connectivity index (χ0v) is 12.7. The van der Waals surface area contributed by atoms with Gasteiger partial charge in [-0.3, -0.25) is 4.79 Å². The molecule has 1 heterocycles. The molecule has 110 valence electrons. The number of hydrogen-bond acceptors (Lipinski definition) is 5. The molecular weight excluding hydrogens is 288 g/mol. The maximum absolute atomic E-state index is 12.2. The third kappa shape index (κ3) is 3.88. The van der Waals surface area contributed by atoms with Crippen LogP contribution in [0.3, 0.4) is 0 Å². The molecule has 0 aliphatic carbocycles. The standard InChI is InChI=1S/C15H16N2O3S/c1-3-20-15(19)12-10-21-13(16-12)9-17(2)14(18)11-7-5-4-6-8-11/h4-8,10H,3,9H2,1-2H3. The Morgan fingerprint density at radius 3 is 2.67 bits per heavy atom. The number of aromatic nitrogens is 1. The van der Waals surface area contributed by atoms with Crippen molar-refractivity contribution in [2.24, 2.45) is 0 Å². The molecule has 0 bridgehead atoms. The number of carbonyl (C=O) groups is 2. The minimum Gasteiger partial charge on any atom is -0.461 e. The molecule has 0 unspecified atom stereocenters. The highest BCUT2D eigenvalue weighted by atomic mass is 32.1. The molecule has 1 aromatic carbocycles. The van der Waals surface area contributed by atoms with E-state index in [1.807, 2.05) is 18.2 Å². The Morgan fingerprint density at radius 2 is 2.00 bits per heavy atom. The van der Waals surface area contributed by atoms with E-state index in [2.05, 4.69) is 4.98 Å². The van der Waals surface area contributed by atoms with Crippen LogP contribution in [-0.4, -0.2) is 35.4 Å². The highest BCUT2D eigenvalue weighted by Crippen LogP contribution is 2.14. The molecule has 2 rings (SSSR count). The number of ether oxygens (including phenoxy) is 1. The summed E-state index contributed by atoms with van der Waals surface area (Å²) in [4.78, 5) is 29.5. The van der Waals surface area contributed by atoms with E-state index in [-0.39, 0.29) is 11.6 Å². The molecule has 0 saturated heterocycles.